The molecule has 0 aromatic heterocycles. The van der Waals surface area contributed by atoms with Gasteiger partial charge in [0.25, 0.3) is 0 Å². The van der Waals surface area contributed by atoms with E-state index in [0.29, 0.717) is 19.3 Å². The Morgan fingerprint density at radius 1 is 0.313 bits per heavy atom. The Bertz CT molecular complexity index is 1300. The van der Waals surface area contributed by atoms with E-state index in [-0.39, 0.29) is 31.1 Å². The lowest BCUT2D eigenvalue weighted by Gasteiger charge is -2.18. The molecule has 0 bridgehead atoms. The van der Waals surface area contributed by atoms with Crippen molar-refractivity contribution in [1.82, 2.24) is 0 Å². The fourth-order valence-corrected chi connectivity index (χ4v) is 7.68. The molecule has 6 heteroatoms. The van der Waals surface area contributed by atoms with Gasteiger partial charge in [-0.15, -0.1) is 0 Å². The Kier molecular flexibility index (Phi) is 52.4. The lowest BCUT2D eigenvalue weighted by Crippen LogP contribution is -2.30. The van der Waals surface area contributed by atoms with Crippen LogP contribution in [0.3, 0.4) is 0 Å². The van der Waals surface area contributed by atoms with Crippen LogP contribution in [0.15, 0.2) is 85.1 Å². The molecule has 0 aliphatic heterocycles. The molecule has 1 atom stereocenters. The van der Waals surface area contributed by atoms with Gasteiger partial charge in [-0.05, 0) is 96.3 Å². The smallest absolute Gasteiger partial charge is 0.306 e. The summed E-state index contributed by atoms with van der Waals surface area (Å²) in [5.41, 5.74) is 0. The monoisotopic (exact) mass is 933 g/mol. The van der Waals surface area contributed by atoms with Crippen molar-refractivity contribution < 1.29 is 28.6 Å². The minimum absolute atomic E-state index is 0.0930. The molecule has 0 aromatic carbocycles. The number of rotatable bonds is 50. The zero-order valence-corrected chi connectivity index (χ0v) is 43.9. The van der Waals surface area contributed by atoms with Crippen LogP contribution in [-0.4, -0.2) is 37.2 Å². The molecule has 0 heterocycles. The van der Waals surface area contributed by atoms with Gasteiger partial charge < -0.3 is 14.2 Å². The summed E-state index contributed by atoms with van der Waals surface area (Å²) in [5.74, 6) is -0.932. The van der Waals surface area contributed by atoms with Gasteiger partial charge in [-0.25, -0.2) is 0 Å². The summed E-state index contributed by atoms with van der Waals surface area (Å²) in [6.45, 7) is 6.47. The molecule has 0 saturated carbocycles. The molecule has 0 aromatic rings. The molecule has 0 rings (SSSR count). The van der Waals surface area contributed by atoms with E-state index in [0.717, 1.165) is 122 Å². The summed E-state index contributed by atoms with van der Waals surface area (Å²) in [4.78, 5) is 38.1. The molecule has 0 saturated heterocycles. The van der Waals surface area contributed by atoms with Crippen molar-refractivity contribution in [2.75, 3.05) is 13.2 Å². The van der Waals surface area contributed by atoms with Crippen molar-refractivity contribution in [3.8, 4) is 0 Å². The van der Waals surface area contributed by atoms with Gasteiger partial charge in [0.15, 0.2) is 6.10 Å². The minimum Gasteiger partial charge on any atom is -0.462 e. The minimum atomic E-state index is -0.795. The summed E-state index contributed by atoms with van der Waals surface area (Å²) < 4.78 is 16.8. The van der Waals surface area contributed by atoms with E-state index in [2.05, 4.69) is 106 Å². The van der Waals surface area contributed by atoms with Crippen LogP contribution in [0.4, 0.5) is 0 Å². The molecule has 0 aliphatic rings. The van der Waals surface area contributed by atoms with Gasteiger partial charge in [0.1, 0.15) is 13.2 Å². The molecule has 0 aliphatic carbocycles. The maximum absolute atomic E-state index is 12.8. The van der Waals surface area contributed by atoms with Crippen LogP contribution in [0.2, 0.25) is 0 Å². The molecule has 0 unspecified atom stereocenters. The van der Waals surface area contributed by atoms with E-state index in [1.54, 1.807) is 0 Å². The first-order chi connectivity index (χ1) is 33.0. The van der Waals surface area contributed by atoms with Crippen molar-refractivity contribution in [2.24, 2.45) is 0 Å². The lowest BCUT2D eigenvalue weighted by atomic mass is 10.0. The average Bonchev–Trinajstić information content (AvgIpc) is 3.33. The van der Waals surface area contributed by atoms with Crippen molar-refractivity contribution in [2.45, 2.75) is 271 Å². The third kappa shape index (κ3) is 53.4. The first-order valence-corrected chi connectivity index (χ1v) is 28.1. The predicted molar refractivity (Wildman–Crippen MR) is 288 cm³/mol. The SMILES string of the molecule is CC/C=C\C/C=C\C/C=C\C/C=C\C/C=C\CCCCCC(=O)OC[C@H](COC(=O)CCCCCCC/C=C\C/C=C\CCCCC)OC(=O)CCCCCCCCCCCCCCCCC. The molecule has 0 radical (unpaired) electrons. The zero-order valence-electron chi connectivity index (χ0n) is 43.9. The van der Waals surface area contributed by atoms with Gasteiger partial charge in [-0.3, -0.25) is 14.4 Å². The molecule has 0 fully saturated rings. The van der Waals surface area contributed by atoms with Crippen LogP contribution in [0.1, 0.15) is 265 Å². The summed E-state index contributed by atoms with van der Waals surface area (Å²) >= 11 is 0. The van der Waals surface area contributed by atoms with Gasteiger partial charge in [0.05, 0.1) is 0 Å². The van der Waals surface area contributed by atoms with Gasteiger partial charge in [0, 0.05) is 19.3 Å². The maximum Gasteiger partial charge on any atom is 0.306 e. The Morgan fingerprint density at radius 2 is 0.582 bits per heavy atom. The Hall–Kier alpha value is -3.41. The number of carbonyl (C=O) groups excluding carboxylic acids is 3. The molecular formula is C61H104O6. The third-order valence-electron chi connectivity index (χ3n) is 11.9. The Labute approximate surface area is 414 Å². The molecule has 384 valence electrons. The standard InChI is InChI=1S/C61H104O6/c1-4-7-10-13-16-19-22-25-28-29-30-31-34-36-39-42-45-48-51-54-60(63)66-57-58(67-61(64)55-52-49-46-43-40-37-33-27-24-21-18-15-12-9-6-3)56-65-59(62)53-50-47-44-41-38-35-32-26-23-20-17-14-11-8-5-2/h7,10,16-17,19-20,25-26,28,30-32,36,39,58H,4-6,8-9,11-15,18,21-24,27,29,33-35,37-38,40-57H2,1-3H3/b10-7-,19-16-,20-17-,28-25-,31-30-,32-26-,39-36-/t58-/m0/s1. The lowest BCUT2D eigenvalue weighted by molar-refractivity contribution is -0.167. The highest BCUT2D eigenvalue weighted by molar-refractivity contribution is 5.71. The average molecular weight is 933 g/mol. The third-order valence-corrected chi connectivity index (χ3v) is 11.9. The second-order valence-corrected chi connectivity index (χ2v) is 18.5. The van der Waals surface area contributed by atoms with E-state index in [1.807, 2.05) is 0 Å². The van der Waals surface area contributed by atoms with Crippen LogP contribution in [0, 0.1) is 0 Å². The molecule has 67 heavy (non-hydrogen) atoms. The largest absolute Gasteiger partial charge is 0.462 e. The maximum atomic E-state index is 12.8. The fraction of sp³-hybridized carbons (Fsp3) is 0.721. The van der Waals surface area contributed by atoms with Crippen molar-refractivity contribution in [3.05, 3.63) is 85.1 Å². The first-order valence-electron chi connectivity index (χ1n) is 28.1. The molecule has 0 spiro atoms. The van der Waals surface area contributed by atoms with E-state index in [4.69, 9.17) is 14.2 Å². The Balaban J connectivity index is 4.45. The number of allylic oxidation sites excluding steroid dienone is 14. The summed E-state index contributed by atoms with van der Waals surface area (Å²) in [7, 11) is 0. The highest BCUT2D eigenvalue weighted by atomic mass is 16.6. The van der Waals surface area contributed by atoms with E-state index in [9.17, 15) is 14.4 Å². The quantitative estimate of drug-likeness (QED) is 0.0262. The first kappa shape index (κ1) is 63.6. The van der Waals surface area contributed by atoms with Crippen LogP contribution >= 0.6 is 0 Å². The van der Waals surface area contributed by atoms with Gasteiger partial charge in [-0.2, -0.15) is 0 Å². The highest BCUT2D eigenvalue weighted by Crippen LogP contribution is 2.15. The van der Waals surface area contributed by atoms with Crippen LogP contribution in [-0.2, 0) is 28.6 Å². The van der Waals surface area contributed by atoms with E-state index in [1.165, 1.54) is 103 Å². The summed E-state index contributed by atoms with van der Waals surface area (Å²) in [5, 5.41) is 0. The second kappa shape index (κ2) is 55.2. The number of unbranched alkanes of at least 4 members (excludes halogenated alkanes) is 25. The molecule has 6 nitrogen and oxygen atoms in total. The summed E-state index contributed by atoms with van der Waals surface area (Å²) in [6.07, 6.45) is 71.4. The normalized spacial score (nSPS) is 12.7. The second-order valence-electron chi connectivity index (χ2n) is 18.5. The number of hydrogen-bond donors (Lipinski definition) is 0. The summed E-state index contributed by atoms with van der Waals surface area (Å²) in [6, 6.07) is 0. The van der Waals surface area contributed by atoms with Crippen LogP contribution in [0.5, 0.6) is 0 Å². The van der Waals surface area contributed by atoms with Crippen molar-refractivity contribution >= 4 is 17.9 Å². The number of esters is 3. The van der Waals surface area contributed by atoms with Gasteiger partial charge in [-0.1, -0.05) is 234 Å². The van der Waals surface area contributed by atoms with E-state index >= 15 is 0 Å². The van der Waals surface area contributed by atoms with Gasteiger partial charge in [0.2, 0.25) is 0 Å². The molecule has 0 amide bonds. The highest BCUT2D eigenvalue weighted by Gasteiger charge is 2.19. The Morgan fingerprint density at radius 3 is 0.955 bits per heavy atom. The van der Waals surface area contributed by atoms with Gasteiger partial charge >= 0.3 is 17.9 Å². The topological polar surface area (TPSA) is 78.9 Å². The predicted octanol–water partition coefficient (Wildman–Crippen LogP) is 18.8. The number of ether oxygens (including phenoxy) is 3. The van der Waals surface area contributed by atoms with Crippen LogP contribution in [0.25, 0.3) is 0 Å². The molecule has 0 N–H and O–H groups in total. The molecular weight excluding hydrogens is 829 g/mol. The van der Waals surface area contributed by atoms with Crippen molar-refractivity contribution in [1.29, 1.82) is 0 Å². The fourth-order valence-electron chi connectivity index (χ4n) is 7.68. The van der Waals surface area contributed by atoms with Crippen LogP contribution < -0.4 is 0 Å². The number of carbonyl (C=O) groups is 3. The number of hydrogen-bond acceptors (Lipinski definition) is 6. The van der Waals surface area contributed by atoms with E-state index < -0.39 is 6.10 Å². The zero-order chi connectivity index (χ0) is 48.6. The van der Waals surface area contributed by atoms with Crippen molar-refractivity contribution in [3.63, 3.8) is 0 Å².